The number of aliphatic carboxylic acids is 1. The molecule has 1 aliphatic rings. The molecule has 5 rings (SSSR count). The number of carbonyl (C=O) groups excluding carboxylic acids is 1. The molecule has 1 aliphatic heterocycles. The van der Waals surface area contributed by atoms with Crippen LogP contribution in [-0.2, 0) is 14.8 Å². The van der Waals surface area contributed by atoms with Crippen LogP contribution in [0.25, 0.3) is 11.0 Å². The summed E-state index contributed by atoms with van der Waals surface area (Å²) in [6.45, 7) is 6.45. The van der Waals surface area contributed by atoms with Gasteiger partial charge in [0.1, 0.15) is 6.04 Å². The lowest BCUT2D eigenvalue weighted by Crippen LogP contribution is -2.48. The van der Waals surface area contributed by atoms with Crippen LogP contribution in [0.5, 0.6) is 0 Å². The molecule has 3 aromatic carbocycles. The van der Waals surface area contributed by atoms with Gasteiger partial charge in [-0.2, -0.15) is 4.72 Å². The van der Waals surface area contributed by atoms with E-state index >= 15 is 0 Å². The van der Waals surface area contributed by atoms with Crippen LogP contribution >= 0.6 is 0 Å². The number of H-pyrrole nitrogens is 1. The van der Waals surface area contributed by atoms with Crippen LogP contribution in [-0.4, -0.2) is 67.1 Å². The van der Waals surface area contributed by atoms with Crippen molar-refractivity contribution < 1.29 is 23.1 Å². The molecule has 12 heteroatoms. The molecule has 0 spiro atoms. The van der Waals surface area contributed by atoms with Gasteiger partial charge in [0.2, 0.25) is 16.0 Å². The second-order valence-corrected chi connectivity index (χ2v) is 12.7. The fourth-order valence-corrected chi connectivity index (χ4v) is 7.28. The number of nitrogens with zero attached hydrogens (tertiary/aromatic N) is 2. The van der Waals surface area contributed by atoms with Crippen LogP contribution in [0.15, 0.2) is 65.6 Å². The maximum Gasteiger partial charge on any atom is 0.323 e. The highest BCUT2D eigenvalue weighted by molar-refractivity contribution is 7.89. The summed E-state index contributed by atoms with van der Waals surface area (Å²) in [7, 11) is -4.14. The number of carbonyl (C=O) groups is 2. The number of nitrogens with one attached hydrogen (secondary N) is 4. The third-order valence-corrected chi connectivity index (χ3v) is 9.43. The predicted molar refractivity (Wildman–Crippen MR) is 166 cm³/mol. The number of anilines is 2. The van der Waals surface area contributed by atoms with Crippen molar-refractivity contribution in [3.63, 3.8) is 0 Å². The third-order valence-electron chi connectivity index (χ3n) is 7.66. The minimum atomic E-state index is -4.14. The van der Waals surface area contributed by atoms with Crippen molar-refractivity contribution in [2.24, 2.45) is 0 Å². The van der Waals surface area contributed by atoms with Crippen LogP contribution in [0.4, 0.5) is 11.6 Å². The maximum absolute atomic E-state index is 13.1. The first kappa shape index (κ1) is 30.1. The predicted octanol–water partition coefficient (Wildman–Crippen LogP) is 3.73. The number of aryl methyl sites for hydroxylation is 3. The summed E-state index contributed by atoms with van der Waals surface area (Å²) in [5, 5.41) is 15.7. The summed E-state index contributed by atoms with van der Waals surface area (Å²) >= 11 is 0. The Hall–Kier alpha value is -4.42. The number of fused-ring (bicyclic) bond motifs is 1. The fourth-order valence-electron chi connectivity index (χ4n) is 5.63. The van der Waals surface area contributed by atoms with Gasteiger partial charge in [-0.25, -0.2) is 13.4 Å². The van der Waals surface area contributed by atoms with Gasteiger partial charge in [0.25, 0.3) is 5.91 Å². The summed E-state index contributed by atoms with van der Waals surface area (Å²) in [4.78, 5) is 34.9. The van der Waals surface area contributed by atoms with Gasteiger partial charge in [0, 0.05) is 36.9 Å². The molecule has 2 heterocycles. The van der Waals surface area contributed by atoms with Gasteiger partial charge in [-0.15, -0.1) is 0 Å². The van der Waals surface area contributed by atoms with E-state index in [1.54, 1.807) is 38.1 Å². The molecule has 1 aromatic heterocycles. The second kappa shape index (κ2) is 12.4. The molecular weight excluding hydrogens is 568 g/mol. The van der Waals surface area contributed by atoms with Crippen LogP contribution in [0.1, 0.15) is 39.9 Å². The van der Waals surface area contributed by atoms with Gasteiger partial charge in [-0.05, 0) is 81.1 Å². The van der Waals surface area contributed by atoms with Gasteiger partial charge in [-0.1, -0.05) is 29.8 Å². The molecule has 1 saturated heterocycles. The summed E-state index contributed by atoms with van der Waals surface area (Å²) in [6.07, 6.45) is 1.85. The normalized spacial score (nSPS) is 14.9. The average Bonchev–Trinajstić information content (AvgIpc) is 3.37. The number of sulfonamides is 1. The lowest BCUT2D eigenvalue weighted by Gasteiger charge is -2.34. The van der Waals surface area contributed by atoms with E-state index in [0.717, 1.165) is 54.2 Å². The Morgan fingerprint density at radius 1 is 1.02 bits per heavy atom. The zero-order chi connectivity index (χ0) is 30.7. The summed E-state index contributed by atoms with van der Waals surface area (Å²) in [6, 6.07) is 17.2. The number of aromatic amines is 1. The SMILES string of the molecule is Cc1cc(C)c(S(=O)(=O)NC(CNC(=O)c2ccc(N3CCC(Nc4nc5ccccc5[nH]4)CC3)cc2)C(=O)O)c(C)c1. The summed E-state index contributed by atoms with van der Waals surface area (Å²) in [5.41, 5.74) is 5.20. The van der Waals surface area contributed by atoms with Gasteiger partial charge in [-0.3, -0.25) is 9.59 Å². The first-order valence-corrected chi connectivity index (χ1v) is 15.7. The summed E-state index contributed by atoms with van der Waals surface area (Å²) in [5.74, 6) is -1.11. The van der Waals surface area contributed by atoms with E-state index in [4.69, 9.17) is 0 Å². The summed E-state index contributed by atoms with van der Waals surface area (Å²) < 4.78 is 28.3. The highest BCUT2D eigenvalue weighted by Gasteiger charge is 2.28. The largest absolute Gasteiger partial charge is 0.480 e. The number of para-hydroxylation sites is 2. The fraction of sp³-hybridized carbons (Fsp3) is 0.323. The Labute approximate surface area is 250 Å². The van der Waals surface area contributed by atoms with Crippen molar-refractivity contribution >= 4 is 44.6 Å². The van der Waals surface area contributed by atoms with Gasteiger partial charge in [0.15, 0.2) is 0 Å². The van der Waals surface area contributed by atoms with E-state index in [1.165, 1.54) is 0 Å². The van der Waals surface area contributed by atoms with E-state index in [0.29, 0.717) is 22.7 Å². The van der Waals surface area contributed by atoms with Crippen molar-refractivity contribution in [2.45, 2.75) is 50.6 Å². The number of benzene rings is 3. The van der Waals surface area contributed by atoms with Gasteiger partial charge in [0.05, 0.1) is 15.9 Å². The number of rotatable bonds is 10. The first-order valence-electron chi connectivity index (χ1n) is 14.2. The Morgan fingerprint density at radius 3 is 2.30 bits per heavy atom. The molecule has 0 aliphatic carbocycles. The zero-order valence-electron chi connectivity index (χ0n) is 24.3. The van der Waals surface area contributed by atoms with Crippen molar-refractivity contribution in [2.75, 3.05) is 29.9 Å². The van der Waals surface area contributed by atoms with Crippen LogP contribution in [0.2, 0.25) is 0 Å². The molecule has 0 radical (unpaired) electrons. The van der Waals surface area contributed by atoms with Crippen LogP contribution in [0.3, 0.4) is 0 Å². The topological polar surface area (TPSA) is 157 Å². The zero-order valence-corrected chi connectivity index (χ0v) is 25.2. The molecule has 11 nitrogen and oxygen atoms in total. The smallest absolute Gasteiger partial charge is 0.323 e. The van der Waals surface area contributed by atoms with Crippen molar-refractivity contribution in [1.29, 1.82) is 0 Å². The van der Waals surface area contributed by atoms with E-state index in [9.17, 15) is 23.1 Å². The monoisotopic (exact) mass is 604 g/mol. The third kappa shape index (κ3) is 6.98. The Kier molecular flexibility index (Phi) is 8.69. The lowest BCUT2D eigenvalue weighted by molar-refractivity contribution is -0.138. The molecular formula is C31H36N6O5S. The van der Waals surface area contributed by atoms with Crippen molar-refractivity contribution in [3.05, 3.63) is 82.9 Å². The molecule has 5 N–H and O–H groups in total. The lowest BCUT2D eigenvalue weighted by atomic mass is 10.0. The minimum absolute atomic E-state index is 0.0422. The van der Waals surface area contributed by atoms with Crippen molar-refractivity contribution in [3.8, 4) is 0 Å². The van der Waals surface area contributed by atoms with Crippen molar-refractivity contribution in [1.82, 2.24) is 20.0 Å². The number of amides is 1. The molecule has 0 saturated carbocycles. The van der Waals surface area contributed by atoms with E-state index < -0.39 is 34.5 Å². The number of hydrogen-bond donors (Lipinski definition) is 5. The van der Waals surface area contributed by atoms with E-state index in [-0.39, 0.29) is 4.90 Å². The number of carboxylic acid groups (broad SMARTS) is 1. The molecule has 1 unspecified atom stereocenters. The number of imidazole rings is 1. The Bertz CT molecular complexity index is 1690. The number of carboxylic acids is 1. The molecule has 1 atom stereocenters. The van der Waals surface area contributed by atoms with Crippen LogP contribution in [0, 0.1) is 20.8 Å². The standard InChI is InChI=1S/C31H36N6O5S/c1-19-16-20(2)28(21(3)17-19)43(41,42)36-27(30(39)40)18-32-29(38)22-8-10-24(11-9-22)37-14-12-23(13-15-37)33-31-34-25-6-4-5-7-26(25)35-31/h4-11,16-17,23,27,36H,12-15,18H2,1-3H3,(H,32,38)(H,39,40)(H2,33,34,35). The Balaban J connectivity index is 1.14. The Morgan fingerprint density at radius 2 is 1.67 bits per heavy atom. The van der Waals surface area contributed by atoms with E-state index in [1.807, 2.05) is 43.3 Å². The molecule has 1 fully saturated rings. The quantitative estimate of drug-likeness (QED) is 0.183. The van der Waals surface area contributed by atoms with Gasteiger partial charge >= 0.3 is 5.97 Å². The molecule has 0 bridgehead atoms. The average molecular weight is 605 g/mol. The molecule has 226 valence electrons. The minimum Gasteiger partial charge on any atom is -0.480 e. The molecule has 43 heavy (non-hydrogen) atoms. The number of piperidine rings is 1. The second-order valence-electron chi connectivity index (χ2n) is 11.0. The van der Waals surface area contributed by atoms with Gasteiger partial charge < -0.3 is 25.6 Å². The first-order chi connectivity index (χ1) is 20.5. The molecule has 4 aromatic rings. The number of hydrogen-bond acceptors (Lipinski definition) is 7. The number of aromatic nitrogens is 2. The van der Waals surface area contributed by atoms with Crippen LogP contribution < -0.4 is 20.3 Å². The highest BCUT2D eigenvalue weighted by atomic mass is 32.2. The molecule has 1 amide bonds. The maximum atomic E-state index is 13.1. The highest BCUT2D eigenvalue weighted by Crippen LogP contribution is 2.24. The van der Waals surface area contributed by atoms with E-state index in [2.05, 4.69) is 30.2 Å².